The second-order valence-corrected chi connectivity index (χ2v) is 9.56. The van der Waals surface area contributed by atoms with E-state index in [4.69, 9.17) is 4.74 Å². The van der Waals surface area contributed by atoms with Gasteiger partial charge in [0.15, 0.2) is 0 Å². The van der Waals surface area contributed by atoms with Crippen LogP contribution in [0, 0.1) is 34.5 Å². The Morgan fingerprint density at radius 1 is 1.24 bits per heavy atom. The van der Waals surface area contributed by atoms with Crippen molar-refractivity contribution >= 4 is 11.8 Å². The highest BCUT2D eigenvalue weighted by Gasteiger charge is 2.68. The van der Waals surface area contributed by atoms with Crippen LogP contribution >= 0.6 is 0 Å². The third-order valence-corrected chi connectivity index (χ3v) is 8.23. The van der Waals surface area contributed by atoms with Crippen molar-refractivity contribution in [1.29, 1.82) is 0 Å². The minimum atomic E-state index is -0.167. The smallest absolute Gasteiger partial charge is 0.302 e. The minimum absolute atomic E-state index is 0.0451. The number of hydrogen-bond acceptors (Lipinski definition) is 3. The van der Waals surface area contributed by atoms with Crippen LogP contribution in [0.2, 0.25) is 0 Å². The summed E-state index contributed by atoms with van der Waals surface area (Å²) < 4.78 is 5.50. The molecule has 0 saturated heterocycles. The summed E-state index contributed by atoms with van der Waals surface area (Å²) in [4.78, 5) is 24.1. The molecule has 0 aromatic rings. The molecular weight excluding hydrogens is 312 g/mol. The first kappa shape index (κ1) is 15.8. The third-order valence-electron chi connectivity index (χ3n) is 8.23. The topological polar surface area (TPSA) is 43.4 Å². The summed E-state index contributed by atoms with van der Waals surface area (Å²) in [5.41, 5.74) is 3.09. The first-order chi connectivity index (χ1) is 11.8. The number of esters is 1. The first-order valence-electron chi connectivity index (χ1n) is 9.96. The largest absolute Gasteiger partial charge is 0.462 e. The van der Waals surface area contributed by atoms with Crippen molar-refractivity contribution in [1.82, 2.24) is 0 Å². The Balaban J connectivity index is 1.48. The molecule has 0 unspecified atom stereocenters. The van der Waals surface area contributed by atoms with E-state index in [0.717, 1.165) is 38.5 Å². The predicted molar refractivity (Wildman–Crippen MR) is 94.6 cm³/mol. The lowest BCUT2D eigenvalue weighted by molar-refractivity contribution is -0.147. The van der Waals surface area contributed by atoms with Crippen LogP contribution in [0.4, 0.5) is 0 Å². The van der Waals surface area contributed by atoms with Crippen molar-refractivity contribution in [2.45, 2.75) is 65.4 Å². The minimum Gasteiger partial charge on any atom is -0.462 e. The van der Waals surface area contributed by atoms with Crippen molar-refractivity contribution < 1.29 is 14.3 Å². The zero-order valence-electron chi connectivity index (χ0n) is 15.5. The Morgan fingerprint density at radius 3 is 2.80 bits per heavy atom. The quantitative estimate of drug-likeness (QED) is 0.530. The highest BCUT2D eigenvalue weighted by molar-refractivity contribution is 5.93. The summed E-state index contributed by atoms with van der Waals surface area (Å²) in [5, 5.41) is 0. The van der Waals surface area contributed by atoms with Gasteiger partial charge in [0.1, 0.15) is 11.9 Å². The lowest BCUT2D eigenvalue weighted by Gasteiger charge is -2.53. The molecule has 0 aliphatic heterocycles. The molecule has 25 heavy (non-hydrogen) atoms. The molecule has 5 rings (SSSR count). The molecule has 3 heteroatoms. The number of ether oxygens (including phenoxy) is 1. The van der Waals surface area contributed by atoms with E-state index in [1.54, 1.807) is 5.57 Å². The van der Waals surface area contributed by atoms with Crippen LogP contribution in [0.3, 0.4) is 0 Å². The van der Waals surface area contributed by atoms with Gasteiger partial charge in [-0.15, -0.1) is 0 Å². The molecule has 5 aliphatic rings. The van der Waals surface area contributed by atoms with Gasteiger partial charge >= 0.3 is 5.97 Å². The monoisotopic (exact) mass is 340 g/mol. The van der Waals surface area contributed by atoms with Gasteiger partial charge in [-0.1, -0.05) is 37.1 Å². The molecule has 0 radical (unpaired) electrons. The molecule has 0 aromatic carbocycles. The van der Waals surface area contributed by atoms with E-state index >= 15 is 0 Å². The fourth-order valence-corrected chi connectivity index (χ4v) is 6.95. The zero-order valence-corrected chi connectivity index (χ0v) is 15.5. The van der Waals surface area contributed by atoms with E-state index in [-0.39, 0.29) is 22.9 Å². The summed E-state index contributed by atoms with van der Waals surface area (Å²) in [5.74, 6) is 2.53. The van der Waals surface area contributed by atoms with Crippen LogP contribution in [-0.2, 0) is 14.3 Å². The molecule has 0 bridgehead atoms. The average Bonchev–Trinajstić information content (AvgIpc) is 3.29. The fourth-order valence-electron chi connectivity index (χ4n) is 6.95. The van der Waals surface area contributed by atoms with Crippen LogP contribution in [0.25, 0.3) is 0 Å². The molecular formula is C22H28O3. The summed E-state index contributed by atoms with van der Waals surface area (Å²) >= 11 is 0. The van der Waals surface area contributed by atoms with E-state index in [9.17, 15) is 9.59 Å². The fraction of sp³-hybridized carbons (Fsp3) is 0.727. The Hall–Kier alpha value is -1.38. The van der Waals surface area contributed by atoms with Gasteiger partial charge in [-0.25, -0.2) is 0 Å². The maximum absolute atomic E-state index is 12.8. The lowest BCUT2D eigenvalue weighted by atomic mass is 9.51. The molecule has 0 spiro atoms. The molecule has 3 fully saturated rings. The lowest BCUT2D eigenvalue weighted by Crippen LogP contribution is -2.46. The first-order valence-corrected chi connectivity index (χ1v) is 9.96. The van der Waals surface area contributed by atoms with Gasteiger partial charge in [0, 0.05) is 30.1 Å². The number of hydrogen-bond donors (Lipinski definition) is 0. The highest BCUT2D eigenvalue weighted by Crippen LogP contribution is 2.70. The normalized spacial score (nSPS) is 49.9. The summed E-state index contributed by atoms with van der Waals surface area (Å²) in [6.07, 6.45) is 11.0. The maximum atomic E-state index is 12.8. The molecule has 134 valence electrons. The number of carbonyl (C=O) groups excluding carboxylic acids is 2. The van der Waals surface area contributed by atoms with Crippen LogP contribution in [-0.4, -0.2) is 17.9 Å². The van der Waals surface area contributed by atoms with Gasteiger partial charge in [0.2, 0.25) is 0 Å². The number of rotatable bonds is 1. The second kappa shape index (κ2) is 4.86. The van der Waals surface area contributed by atoms with E-state index in [2.05, 4.69) is 26.0 Å². The highest BCUT2D eigenvalue weighted by atomic mass is 16.5. The zero-order chi connectivity index (χ0) is 17.6. The summed E-state index contributed by atoms with van der Waals surface area (Å²) in [6.45, 7) is 6.13. The molecule has 7 atom stereocenters. The van der Waals surface area contributed by atoms with Crippen LogP contribution < -0.4 is 0 Å². The molecule has 0 aromatic heterocycles. The van der Waals surface area contributed by atoms with Gasteiger partial charge in [-0.05, 0) is 49.9 Å². The number of ketones is 1. The molecule has 0 N–H and O–H groups in total. The molecule has 5 aliphatic carbocycles. The van der Waals surface area contributed by atoms with Crippen molar-refractivity contribution in [3.05, 3.63) is 23.3 Å². The number of Topliss-reactive ketones (excluding diaryl/α,β-unsaturated/α-hetero) is 1. The Bertz CT molecular complexity index is 732. The number of carbonyl (C=O) groups is 2. The van der Waals surface area contributed by atoms with Gasteiger partial charge in [-0.3, -0.25) is 9.59 Å². The van der Waals surface area contributed by atoms with Gasteiger partial charge in [0.25, 0.3) is 0 Å². The maximum Gasteiger partial charge on any atom is 0.302 e. The Kier molecular flexibility index (Phi) is 3.08. The van der Waals surface area contributed by atoms with Crippen molar-refractivity contribution in [2.75, 3.05) is 0 Å². The Morgan fingerprint density at radius 2 is 2.04 bits per heavy atom. The van der Waals surface area contributed by atoms with E-state index < -0.39 is 0 Å². The van der Waals surface area contributed by atoms with Crippen LogP contribution in [0.1, 0.15) is 59.3 Å². The Labute approximate surface area is 149 Å². The average molecular weight is 340 g/mol. The van der Waals surface area contributed by atoms with Gasteiger partial charge in [0.05, 0.1) is 0 Å². The molecule has 3 nitrogen and oxygen atoms in total. The van der Waals surface area contributed by atoms with Gasteiger partial charge < -0.3 is 4.74 Å². The second-order valence-electron chi connectivity index (χ2n) is 9.56. The van der Waals surface area contributed by atoms with Crippen molar-refractivity contribution in [3.63, 3.8) is 0 Å². The van der Waals surface area contributed by atoms with Crippen LogP contribution in [0.15, 0.2) is 23.3 Å². The van der Waals surface area contributed by atoms with E-state index in [1.165, 1.54) is 12.5 Å². The number of allylic oxidation sites excluding steroid dienone is 3. The standard InChI is InChI=1S/C22H28O3/c1-12(23)25-14-6-8-21(2)13(10-14)4-5-15-18(21)7-9-22(3)19(15)16-11-17(16)20(22)24/h4,7,14-17,19H,5-6,8-11H2,1-3H3/t14-,15+,16+,17-,19+,21-,22-/m0/s1. The summed E-state index contributed by atoms with van der Waals surface area (Å²) in [6, 6.07) is 0. The summed E-state index contributed by atoms with van der Waals surface area (Å²) in [7, 11) is 0. The number of fused-ring (bicyclic) bond motifs is 7. The van der Waals surface area contributed by atoms with Crippen molar-refractivity contribution in [3.8, 4) is 0 Å². The predicted octanol–water partition coefficient (Wildman–Crippen LogP) is 4.23. The van der Waals surface area contributed by atoms with E-state index in [1.807, 2.05) is 0 Å². The van der Waals surface area contributed by atoms with Gasteiger partial charge in [-0.2, -0.15) is 0 Å². The van der Waals surface area contributed by atoms with Crippen molar-refractivity contribution in [2.24, 2.45) is 34.5 Å². The SMILES string of the molecule is CC(=O)O[C@H]1CC[C@@]2(C)C(=CC[C@@H]3C2=CC[C@]2(C)C(=O)[C@H]4C[C@H]4[C@@H]32)C1. The van der Waals surface area contributed by atoms with Crippen LogP contribution in [0.5, 0.6) is 0 Å². The third kappa shape index (κ3) is 1.98. The van der Waals surface area contributed by atoms with E-state index in [0.29, 0.717) is 29.5 Å². The molecule has 3 saturated carbocycles. The molecule has 0 heterocycles. The molecule has 0 amide bonds.